The molecule has 0 aliphatic carbocycles. The van der Waals surface area contributed by atoms with Gasteiger partial charge in [-0.25, -0.2) is 4.98 Å². The highest BCUT2D eigenvalue weighted by Gasteiger charge is 2.17. The molecular formula is C19H20N6O3. The third-order valence-corrected chi connectivity index (χ3v) is 4.63. The quantitative estimate of drug-likeness (QED) is 0.408. The average molecular weight is 380 g/mol. The van der Waals surface area contributed by atoms with E-state index in [-0.39, 0.29) is 5.91 Å². The summed E-state index contributed by atoms with van der Waals surface area (Å²) in [6, 6.07) is 10.4. The maximum absolute atomic E-state index is 12.6. The van der Waals surface area contributed by atoms with Gasteiger partial charge in [-0.2, -0.15) is 9.61 Å². The first-order valence-corrected chi connectivity index (χ1v) is 8.93. The summed E-state index contributed by atoms with van der Waals surface area (Å²) in [4.78, 5) is 19.3. The van der Waals surface area contributed by atoms with E-state index in [1.54, 1.807) is 48.0 Å². The number of carbonyl (C=O) groups excluding carboxylic acids is 1. The lowest BCUT2D eigenvalue weighted by Gasteiger charge is -2.29. The Balaban J connectivity index is 1.59. The number of ether oxygens (including phenoxy) is 1. The van der Waals surface area contributed by atoms with Crippen LogP contribution in [0.2, 0.25) is 0 Å². The summed E-state index contributed by atoms with van der Waals surface area (Å²) < 4.78 is 7.18. The number of nitrogens with one attached hydrogen (secondary N) is 1. The van der Waals surface area contributed by atoms with Crippen molar-refractivity contribution in [1.29, 1.82) is 0 Å². The Morgan fingerprint density at radius 1 is 1.18 bits per heavy atom. The highest BCUT2D eigenvalue weighted by molar-refractivity contribution is 6.05. The zero-order valence-corrected chi connectivity index (χ0v) is 15.4. The number of aromatic nitrogens is 3. The number of rotatable bonds is 4. The summed E-state index contributed by atoms with van der Waals surface area (Å²) in [6.07, 6.45) is 1.68. The molecule has 1 aliphatic rings. The Kier molecular flexibility index (Phi) is 4.90. The third kappa shape index (κ3) is 3.52. The van der Waals surface area contributed by atoms with Crippen LogP contribution in [-0.2, 0) is 4.74 Å². The van der Waals surface area contributed by atoms with Gasteiger partial charge in [0.2, 0.25) is 0 Å². The largest absolute Gasteiger partial charge is 0.411 e. The Morgan fingerprint density at radius 3 is 2.61 bits per heavy atom. The predicted molar refractivity (Wildman–Crippen MR) is 104 cm³/mol. The predicted octanol–water partition coefficient (Wildman–Crippen LogP) is 2.02. The Morgan fingerprint density at radius 2 is 1.89 bits per heavy atom. The number of morpholine rings is 1. The zero-order chi connectivity index (χ0) is 19.5. The molecule has 144 valence electrons. The fraction of sp³-hybridized carbons (Fsp3) is 0.263. The molecule has 2 N–H and O–H groups in total. The maximum Gasteiger partial charge on any atom is 0.256 e. The van der Waals surface area contributed by atoms with Gasteiger partial charge in [-0.05, 0) is 24.6 Å². The van der Waals surface area contributed by atoms with Gasteiger partial charge in [0.05, 0.1) is 25.1 Å². The average Bonchev–Trinajstić information content (AvgIpc) is 3.22. The van der Waals surface area contributed by atoms with Crippen molar-refractivity contribution < 1.29 is 14.7 Å². The van der Waals surface area contributed by atoms with Crippen LogP contribution in [0, 0.1) is 0 Å². The highest BCUT2D eigenvalue weighted by Crippen LogP contribution is 2.21. The smallest absolute Gasteiger partial charge is 0.256 e. The molecule has 3 aromatic rings. The molecule has 0 unspecified atom stereocenters. The number of oxime groups is 1. The Bertz CT molecular complexity index is 1020. The van der Waals surface area contributed by atoms with E-state index in [1.807, 2.05) is 6.07 Å². The molecule has 4 rings (SSSR count). The maximum atomic E-state index is 12.6. The number of nitrogens with zero attached hydrogens (tertiary/aromatic N) is 5. The van der Waals surface area contributed by atoms with Gasteiger partial charge in [0.15, 0.2) is 5.65 Å². The lowest BCUT2D eigenvalue weighted by Crippen LogP contribution is -2.37. The van der Waals surface area contributed by atoms with E-state index in [1.165, 1.54) is 0 Å². The van der Waals surface area contributed by atoms with Crippen LogP contribution in [-0.4, -0.2) is 57.7 Å². The Hall–Kier alpha value is -3.46. The van der Waals surface area contributed by atoms with Crippen LogP contribution < -0.4 is 10.2 Å². The van der Waals surface area contributed by atoms with Crippen LogP contribution in [0.15, 0.2) is 47.8 Å². The van der Waals surface area contributed by atoms with Crippen molar-refractivity contribution in [2.24, 2.45) is 5.16 Å². The first-order valence-electron chi connectivity index (χ1n) is 8.93. The second-order valence-electron chi connectivity index (χ2n) is 6.42. The van der Waals surface area contributed by atoms with Gasteiger partial charge < -0.3 is 20.2 Å². The molecule has 1 aliphatic heterocycles. The van der Waals surface area contributed by atoms with Crippen molar-refractivity contribution in [3.05, 3.63) is 53.7 Å². The van der Waals surface area contributed by atoms with Gasteiger partial charge in [0.1, 0.15) is 11.6 Å². The molecule has 0 radical (unpaired) electrons. The van der Waals surface area contributed by atoms with Gasteiger partial charge in [-0.3, -0.25) is 4.79 Å². The van der Waals surface area contributed by atoms with Crippen molar-refractivity contribution in [3.63, 3.8) is 0 Å². The van der Waals surface area contributed by atoms with Crippen molar-refractivity contribution in [1.82, 2.24) is 14.6 Å². The molecule has 1 aromatic carbocycles. The monoisotopic (exact) mass is 380 g/mol. The summed E-state index contributed by atoms with van der Waals surface area (Å²) in [5, 5.41) is 19.2. The molecular weight excluding hydrogens is 360 g/mol. The minimum atomic E-state index is -0.269. The number of carbonyl (C=O) groups is 1. The van der Waals surface area contributed by atoms with Gasteiger partial charge in [0, 0.05) is 30.8 Å². The fourth-order valence-electron chi connectivity index (χ4n) is 3.09. The summed E-state index contributed by atoms with van der Waals surface area (Å²) >= 11 is 0. The van der Waals surface area contributed by atoms with E-state index < -0.39 is 0 Å². The van der Waals surface area contributed by atoms with Crippen molar-refractivity contribution >= 4 is 28.9 Å². The van der Waals surface area contributed by atoms with Crippen LogP contribution in [0.1, 0.15) is 22.8 Å². The van der Waals surface area contributed by atoms with Gasteiger partial charge >= 0.3 is 0 Å². The molecule has 1 amide bonds. The molecule has 1 saturated heterocycles. The number of benzene rings is 1. The van der Waals surface area contributed by atoms with E-state index in [0.29, 0.717) is 36.0 Å². The molecule has 0 spiro atoms. The molecule has 3 heterocycles. The molecule has 9 heteroatoms. The van der Waals surface area contributed by atoms with Gasteiger partial charge in [-0.15, -0.1) is 0 Å². The van der Waals surface area contributed by atoms with E-state index >= 15 is 0 Å². The second kappa shape index (κ2) is 7.65. The number of anilines is 2. The highest BCUT2D eigenvalue weighted by atomic mass is 16.5. The van der Waals surface area contributed by atoms with Crippen molar-refractivity contribution in [2.45, 2.75) is 6.92 Å². The molecule has 1 fully saturated rings. The van der Waals surface area contributed by atoms with Crippen LogP contribution in [0.3, 0.4) is 0 Å². The number of fused-ring (bicyclic) bond motifs is 1. The SMILES string of the molecule is CC(=NO)c1ccc(C(=O)Nc2cc(N3CCOCC3)n3nccc3n2)cc1. The summed E-state index contributed by atoms with van der Waals surface area (Å²) in [5.41, 5.74) is 2.37. The molecule has 28 heavy (non-hydrogen) atoms. The van der Waals surface area contributed by atoms with Crippen LogP contribution in [0.25, 0.3) is 5.65 Å². The molecule has 2 aromatic heterocycles. The minimum absolute atomic E-state index is 0.269. The first-order chi connectivity index (χ1) is 13.7. The molecule has 9 nitrogen and oxygen atoms in total. The number of amides is 1. The van der Waals surface area contributed by atoms with Crippen molar-refractivity contribution in [3.8, 4) is 0 Å². The molecule has 0 saturated carbocycles. The fourth-order valence-corrected chi connectivity index (χ4v) is 3.09. The van der Waals surface area contributed by atoms with Crippen LogP contribution >= 0.6 is 0 Å². The third-order valence-electron chi connectivity index (χ3n) is 4.63. The molecule has 0 bridgehead atoms. The minimum Gasteiger partial charge on any atom is -0.411 e. The standard InChI is InChI=1S/C19H20N6O3/c1-13(23-27)14-2-4-15(5-3-14)19(26)22-16-12-18(24-8-10-28-11-9-24)25-17(21-16)6-7-20-25/h2-7,12,27H,8-11H2,1H3,(H,21,22,26). The van der Waals surface area contributed by atoms with Crippen molar-refractivity contribution in [2.75, 3.05) is 36.5 Å². The topological polar surface area (TPSA) is 104 Å². The summed E-state index contributed by atoms with van der Waals surface area (Å²) in [5.74, 6) is 1.05. The normalized spacial score (nSPS) is 15.0. The lowest BCUT2D eigenvalue weighted by molar-refractivity contribution is 0.102. The summed E-state index contributed by atoms with van der Waals surface area (Å²) in [6.45, 7) is 4.48. The lowest BCUT2D eigenvalue weighted by atomic mass is 10.1. The van der Waals surface area contributed by atoms with Gasteiger partial charge in [0.25, 0.3) is 5.91 Å². The van der Waals surface area contributed by atoms with E-state index in [4.69, 9.17) is 9.94 Å². The van der Waals surface area contributed by atoms with Crippen LogP contribution in [0.4, 0.5) is 11.6 Å². The van der Waals surface area contributed by atoms with E-state index in [9.17, 15) is 4.79 Å². The van der Waals surface area contributed by atoms with E-state index in [2.05, 4.69) is 25.5 Å². The first kappa shape index (κ1) is 17.9. The number of hydrogen-bond acceptors (Lipinski definition) is 7. The van der Waals surface area contributed by atoms with Gasteiger partial charge in [-0.1, -0.05) is 17.3 Å². The Labute approximate surface area is 161 Å². The zero-order valence-electron chi connectivity index (χ0n) is 15.4. The van der Waals surface area contributed by atoms with Crippen LogP contribution in [0.5, 0.6) is 0 Å². The number of hydrogen-bond donors (Lipinski definition) is 2. The summed E-state index contributed by atoms with van der Waals surface area (Å²) in [7, 11) is 0. The second-order valence-corrected chi connectivity index (χ2v) is 6.42. The molecule has 0 atom stereocenters. The van der Waals surface area contributed by atoms with E-state index in [0.717, 1.165) is 24.5 Å².